The normalized spacial score (nSPS) is 13.4. The lowest BCUT2D eigenvalue weighted by Crippen LogP contribution is -2.16. The summed E-state index contributed by atoms with van der Waals surface area (Å²) in [6.07, 6.45) is 0.825. The molecule has 11 heavy (non-hydrogen) atoms. The maximum absolute atomic E-state index is 11.1. The van der Waals surface area contributed by atoms with Crippen LogP contribution in [0.5, 0.6) is 0 Å². The summed E-state index contributed by atoms with van der Waals surface area (Å²) in [7, 11) is 0. The SMILES string of the molecule is CCc1cc(=O)n(C(C)Cl)[nH]1. The van der Waals surface area contributed by atoms with Crippen LogP contribution in [0.4, 0.5) is 0 Å². The first-order valence-electron chi connectivity index (χ1n) is 3.59. The van der Waals surface area contributed by atoms with Gasteiger partial charge in [-0.3, -0.25) is 9.89 Å². The van der Waals surface area contributed by atoms with E-state index in [1.165, 1.54) is 4.68 Å². The van der Waals surface area contributed by atoms with E-state index in [1.807, 2.05) is 6.92 Å². The summed E-state index contributed by atoms with van der Waals surface area (Å²) < 4.78 is 1.40. The van der Waals surface area contributed by atoms with E-state index in [9.17, 15) is 4.79 Å². The molecule has 0 saturated heterocycles. The molecular formula is C7H11ClN2O. The number of hydrogen-bond acceptors (Lipinski definition) is 1. The van der Waals surface area contributed by atoms with Gasteiger partial charge in [-0.15, -0.1) is 0 Å². The Hall–Kier alpha value is -0.700. The highest BCUT2D eigenvalue weighted by Gasteiger charge is 2.04. The zero-order valence-electron chi connectivity index (χ0n) is 6.60. The molecule has 0 radical (unpaired) electrons. The smallest absolute Gasteiger partial charge is 0.268 e. The van der Waals surface area contributed by atoms with Gasteiger partial charge in [0.1, 0.15) is 5.50 Å². The number of alkyl halides is 1. The topological polar surface area (TPSA) is 37.8 Å². The van der Waals surface area contributed by atoms with Gasteiger partial charge in [-0.1, -0.05) is 18.5 Å². The Bertz CT molecular complexity index is 287. The number of halogens is 1. The molecule has 0 aliphatic carbocycles. The molecule has 3 nitrogen and oxygen atoms in total. The predicted molar refractivity (Wildman–Crippen MR) is 45.0 cm³/mol. The maximum Gasteiger partial charge on any atom is 0.268 e. The van der Waals surface area contributed by atoms with Crippen LogP contribution >= 0.6 is 11.6 Å². The van der Waals surface area contributed by atoms with Gasteiger partial charge in [-0.2, -0.15) is 0 Å². The molecule has 1 aromatic rings. The molecule has 0 amide bonds. The highest BCUT2D eigenvalue weighted by Crippen LogP contribution is 2.05. The van der Waals surface area contributed by atoms with Crippen LogP contribution in [-0.4, -0.2) is 9.78 Å². The molecule has 1 unspecified atom stereocenters. The molecule has 0 aromatic carbocycles. The number of aryl methyl sites for hydroxylation is 1. The third kappa shape index (κ3) is 1.66. The van der Waals surface area contributed by atoms with Crippen LogP contribution in [0.3, 0.4) is 0 Å². The lowest BCUT2D eigenvalue weighted by Gasteiger charge is -2.01. The van der Waals surface area contributed by atoms with E-state index in [-0.39, 0.29) is 11.1 Å². The van der Waals surface area contributed by atoms with Crippen LogP contribution in [-0.2, 0) is 6.42 Å². The van der Waals surface area contributed by atoms with E-state index in [0.717, 1.165) is 12.1 Å². The Balaban J connectivity index is 3.07. The second-order valence-electron chi connectivity index (χ2n) is 2.42. The predicted octanol–water partition coefficient (Wildman–Crippen LogP) is 1.50. The Kier molecular flexibility index (Phi) is 2.39. The van der Waals surface area contributed by atoms with Crippen molar-refractivity contribution < 1.29 is 0 Å². The molecule has 0 saturated carbocycles. The molecular weight excluding hydrogens is 164 g/mol. The highest BCUT2D eigenvalue weighted by molar-refractivity contribution is 6.18. The lowest BCUT2D eigenvalue weighted by molar-refractivity contribution is 0.604. The number of nitrogens with one attached hydrogen (secondary N) is 1. The first kappa shape index (κ1) is 8.40. The fraction of sp³-hybridized carbons (Fsp3) is 0.571. The molecule has 1 N–H and O–H groups in total. The molecule has 0 fully saturated rings. The summed E-state index contributed by atoms with van der Waals surface area (Å²) in [4.78, 5) is 11.1. The lowest BCUT2D eigenvalue weighted by atomic mass is 10.3. The molecule has 0 aliphatic heterocycles. The van der Waals surface area contributed by atoms with Crippen LogP contribution in [0.1, 0.15) is 25.0 Å². The van der Waals surface area contributed by atoms with Crippen molar-refractivity contribution in [3.63, 3.8) is 0 Å². The van der Waals surface area contributed by atoms with Crippen LogP contribution in [0.25, 0.3) is 0 Å². The van der Waals surface area contributed by atoms with Gasteiger partial charge in [0.05, 0.1) is 0 Å². The van der Waals surface area contributed by atoms with Gasteiger partial charge in [0, 0.05) is 11.8 Å². The second kappa shape index (κ2) is 3.13. The van der Waals surface area contributed by atoms with E-state index in [0.29, 0.717) is 0 Å². The van der Waals surface area contributed by atoms with Crippen molar-refractivity contribution in [1.82, 2.24) is 9.78 Å². The first-order chi connectivity index (χ1) is 5.15. The minimum absolute atomic E-state index is 0.0654. The average molecular weight is 175 g/mol. The van der Waals surface area contributed by atoms with E-state index >= 15 is 0 Å². The Morgan fingerprint density at radius 2 is 2.45 bits per heavy atom. The third-order valence-corrected chi connectivity index (χ3v) is 1.73. The monoisotopic (exact) mass is 174 g/mol. The van der Waals surface area contributed by atoms with Gasteiger partial charge < -0.3 is 0 Å². The summed E-state index contributed by atoms with van der Waals surface area (Å²) >= 11 is 5.71. The highest BCUT2D eigenvalue weighted by atomic mass is 35.5. The summed E-state index contributed by atoms with van der Waals surface area (Å²) in [5.41, 5.74) is 0.551. The standard InChI is InChI=1S/C7H11ClN2O/c1-3-6-4-7(11)10(9-6)5(2)8/h4-5,9H,3H2,1-2H3. The average Bonchev–Trinajstić information content (AvgIpc) is 2.30. The fourth-order valence-electron chi connectivity index (χ4n) is 0.906. The van der Waals surface area contributed by atoms with Crippen molar-refractivity contribution in [2.45, 2.75) is 25.8 Å². The Labute approximate surface area is 70.0 Å². The summed E-state index contributed by atoms with van der Waals surface area (Å²) in [6.45, 7) is 3.73. The summed E-state index contributed by atoms with van der Waals surface area (Å²) in [5.74, 6) is 0. The van der Waals surface area contributed by atoms with E-state index in [1.54, 1.807) is 13.0 Å². The zero-order chi connectivity index (χ0) is 8.43. The molecule has 62 valence electrons. The quantitative estimate of drug-likeness (QED) is 0.678. The van der Waals surface area contributed by atoms with Crippen molar-refractivity contribution in [3.8, 4) is 0 Å². The van der Waals surface area contributed by atoms with Gasteiger partial charge in [0.25, 0.3) is 5.56 Å². The van der Waals surface area contributed by atoms with Crippen LogP contribution in [0.2, 0.25) is 0 Å². The first-order valence-corrected chi connectivity index (χ1v) is 4.03. The van der Waals surface area contributed by atoms with Gasteiger partial charge >= 0.3 is 0 Å². The molecule has 1 heterocycles. The van der Waals surface area contributed by atoms with Crippen LogP contribution in [0.15, 0.2) is 10.9 Å². The van der Waals surface area contributed by atoms with Crippen molar-refractivity contribution in [2.24, 2.45) is 0 Å². The summed E-state index contributed by atoms with van der Waals surface area (Å²) in [6, 6.07) is 1.57. The van der Waals surface area contributed by atoms with Crippen molar-refractivity contribution in [1.29, 1.82) is 0 Å². The number of aromatic amines is 1. The number of aromatic nitrogens is 2. The van der Waals surface area contributed by atoms with E-state index < -0.39 is 0 Å². The van der Waals surface area contributed by atoms with Crippen molar-refractivity contribution in [3.05, 3.63) is 22.1 Å². The number of rotatable bonds is 2. The van der Waals surface area contributed by atoms with Crippen molar-refractivity contribution in [2.75, 3.05) is 0 Å². The minimum atomic E-state index is -0.303. The van der Waals surface area contributed by atoms with Crippen molar-refractivity contribution >= 4 is 11.6 Å². The third-order valence-electron chi connectivity index (χ3n) is 1.54. The van der Waals surface area contributed by atoms with Gasteiger partial charge in [-0.05, 0) is 13.3 Å². The summed E-state index contributed by atoms with van der Waals surface area (Å²) in [5, 5.41) is 2.90. The van der Waals surface area contributed by atoms with E-state index in [2.05, 4.69) is 5.10 Å². The van der Waals surface area contributed by atoms with Crippen LogP contribution in [0, 0.1) is 0 Å². The van der Waals surface area contributed by atoms with Gasteiger partial charge in [0.15, 0.2) is 0 Å². The Morgan fingerprint density at radius 1 is 1.82 bits per heavy atom. The van der Waals surface area contributed by atoms with Crippen LogP contribution < -0.4 is 5.56 Å². The molecule has 0 bridgehead atoms. The Morgan fingerprint density at radius 3 is 2.73 bits per heavy atom. The number of hydrogen-bond donors (Lipinski definition) is 1. The maximum atomic E-state index is 11.1. The van der Waals surface area contributed by atoms with E-state index in [4.69, 9.17) is 11.6 Å². The van der Waals surface area contributed by atoms with Gasteiger partial charge in [-0.25, -0.2) is 4.68 Å². The molecule has 4 heteroatoms. The fourth-order valence-corrected chi connectivity index (χ4v) is 1.05. The zero-order valence-corrected chi connectivity index (χ0v) is 7.35. The second-order valence-corrected chi connectivity index (χ2v) is 3.05. The molecule has 0 spiro atoms. The number of H-pyrrole nitrogens is 1. The van der Waals surface area contributed by atoms with Gasteiger partial charge in [0.2, 0.25) is 0 Å². The largest absolute Gasteiger partial charge is 0.298 e. The number of nitrogens with zero attached hydrogens (tertiary/aromatic N) is 1. The molecule has 1 aromatic heterocycles. The minimum Gasteiger partial charge on any atom is -0.298 e. The molecule has 1 rings (SSSR count). The molecule has 1 atom stereocenters. The molecule has 0 aliphatic rings.